The van der Waals surface area contributed by atoms with Gasteiger partial charge in [-0.25, -0.2) is 0 Å². The van der Waals surface area contributed by atoms with Crippen LogP contribution in [-0.4, -0.2) is 47.5 Å². The van der Waals surface area contributed by atoms with Gasteiger partial charge in [0, 0.05) is 45.0 Å². The summed E-state index contributed by atoms with van der Waals surface area (Å²) in [6.45, 7) is 5.64. The fourth-order valence-corrected chi connectivity index (χ4v) is 2.45. The van der Waals surface area contributed by atoms with E-state index in [0.29, 0.717) is 12.6 Å². The fraction of sp³-hybridized carbons (Fsp3) is 0.750. The SMILES string of the molecule is CCn1cc(C(CN)N2CCC(OC)C2)cn1. The third-order valence-corrected chi connectivity index (χ3v) is 3.54. The number of aromatic nitrogens is 2. The second-order valence-electron chi connectivity index (χ2n) is 4.52. The number of methoxy groups -OCH3 is 1. The highest BCUT2D eigenvalue weighted by Gasteiger charge is 2.28. The third-order valence-electron chi connectivity index (χ3n) is 3.54. The number of nitrogens with two attached hydrogens (primary N) is 1. The van der Waals surface area contributed by atoms with Crippen LogP contribution in [0.1, 0.15) is 24.9 Å². The van der Waals surface area contributed by atoms with Crippen LogP contribution in [0.2, 0.25) is 0 Å². The predicted molar refractivity (Wildman–Crippen MR) is 66.7 cm³/mol. The van der Waals surface area contributed by atoms with Crippen molar-refractivity contribution in [2.75, 3.05) is 26.7 Å². The zero-order chi connectivity index (χ0) is 12.3. The first-order valence-corrected chi connectivity index (χ1v) is 6.27. The third kappa shape index (κ3) is 2.68. The maximum absolute atomic E-state index is 5.90. The van der Waals surface area contributed by atoms with Crippen molar-refractivity contribution in [3.8, 4) is 0 Å². The van der Waals surface area contributed by atoms with Crippen LogP contribution in [0.5, 0.6) is 0 Å². The average molecular weight is 238 g/mol. The molecule has 2 rings (SSSR count). The smallest absolute Gasteiger partial charge is 0.0710 e. The fourth-order valence-electron chi connectivity index (χ4n) is 2.45. The average Bonchev–Trinajstić information content (AvgIpc) is 2.99. The van der Waals surface area contributed by atoms with Gasteiger partial charge in [0.1, 0.15) is 0 Å². The van der Waals surface area contributed by atoms with Crippen LogP contribution >= 0.6 is 0 Å². The van der Waals surface area contributed by atoms with E-state index < -0.39 is 0 Å². The van der Waals surface area contributed by atoms with Crippen molar-refractivity contribution < 1.29 is 4.74 Å². The van der Waals surface area contributed by atoms with E-state index in [1.165, 1.54) is 5.56 Å². The summed E-state index contributed by atoms with van der Waals surface area (Å²) in [5, 5.41) is 4.32. The molecule has 2 heterocycles. The van der Waals surface area contributed by atoms with Gasteiger partial charge in [0.2, 0.25) is 0 Å². The number of likely N-dealkylation sites (tertiary alicyclic amines) is 1. The Kier molecular flexibility index (Phi) is 4.15. The topological polar surface area (TPSA) is 56.3 Å². The minimum absolute atomic E-state index is 0.274. The normalized spacial score (nSPS) is 23.1. The van der Waals surface area contributed by atoms with Crippen LogP contribution in [0.3, 0.4) is 0 Å². The molecule has 17 heavy (non-hydrogen) atoms. The number of aryl methyl sites for hydroxylation is 1. The second kappa shape index (κ2) is 5.62. The van der Waals surface area contributed by atoms with Gasteiger partial charge in [-0.05, 0) is 13.3 Å². The molecular formula is C12H22N4O. The maximum Gasteiger partial charge on any atom is 0.0710 e. The van der Waals surface area contributed by atoms with Gasteiger partial charge in [-0.15, -0.1) is 0 Å². The Bertz CT molecular complexity index is 352. The van der Waals surface area contributed by atoms with Gasteiger partial charge in [0.25, 0.3) is 0 Å². The van der Waals surface area contributed by atoms with Crippen LogP contribution in [0.15, 0.2) is 12.4 Å². The van der Waals surface area contributed by atoms with E-state index >= 15 is 0 Å². The van der Waals surface area contributed by atoms with E-state index in [9.17, 15) is 0 Å². The lowest BCUT2D eigenvalue weighted by molar-refractivity contribution is 0.101. The molecule has 0 saturated carbocycles. The largest absolute Gasteiger partial charge is 0.380 e. The lowest BCUT2D eigenvalue weighted by Gasteiger charge is -2.25. The molecule has 1 aromatic rings. The van der Waals surface area contributed by atoms with Crippen molar-refractivity contribution >= 4 is 0 Å². The zero-order valence-electron chi connectivity index (χ0n) is 10.7. The summed E-state index contributed by atoms with van der Waals surface area (Å²) in [5.41, 5.74) is 7.12. The minimum Gasteiger partial charge on any atom is -0.380 e. The van der Waals surface area contributed by atoms with Gasteiger partial charge in [0.15, 0.2) is 0 Å². The number of hydrogen-bond acceptors (Lipinski definition) is 4. The van der Waals surface area contributed by atoms with Gasteiger partial charge in [-0.2, -0.15) is 5.10 Å². The van der Waals surface area contributed by atoms with Crippen molar-refractivity contribution in [3.63, 3.8) is 0 Å². The van der Waals surface area contributed by atoms with E-state index in [0.717, 1.165) is 26.1 Å². The minimum atomic E-state index is 0.274. The Morgan fingerprint density at radius 3 is 3.00 bits per heavy atom. The molecule has 1 saturated heterocycles. The second-order valence-corrected chi connectivity index (χ2v) is 4.52. The molecule has 0 aliphatic carbocycles. The molecule has 2 atom stereocenters. The Hall–Kier alpha value is -0.910. The van der Waals surface area contributed by atoms with E-state index in [1.54, 1.807) is 7.11 Å². The summed E-state index contributed by atoms with van der Waals surface area (Å²) < 4.78 is 7.34. The molecule has 0 bridgehead atoms. The first-order valence-electron chi connectivity index (χ1n) is 6.27. The Morgan fingerprint density at radius 1 is 1.65 bits per heavy atom. The van der Waals surface area contributed by atoms with Gasteiger partial charge in [-0.3, -0.25) is 9.58 Å². The van der Waals surface area contributed by atoms with Crippen LogP contribution in [0, 0.1) is 0 Å². The maximum atomic E-state index is 5.90. The van der Waals surface area contributed by atoms with E-state index in [-0.39, 0.29) is 6.04 Å². The quantitative estimate of drug-likeness (QED) is 0.817. The molecule has 0 amide bonds. The van der Waals surface area contributed by atoms with Crippen LogP contribution in [0.25, 0.3) is 0 Å². The summed E-state index contributed by atoms with van der Waals surface area (Å²) >= 11 is 0. The summed E-state index contributed by atoms with van der Waals surface area (Å²) in [5.74, 6) is 0. The van der Waals surface area contributed by atoms with E-state index in [4.69, 9.17) is 10.5 Å². The summed E-state index contributed by atoms with van der Waals surface area (Å²) in [7, 11) is 1.78. The molecule has 5 nitrogen and oxygen atoms in total. The highest BCUT2D eigenvalue weighted by atomic mass is 16.5. The zero-order valence-corrected chi connectivity index (χ0v) is 10.7. The Morgan fingerprint density at radius 2 is 2.47 bits per heavy atom. The lowest BCUT2D eigenvalue weighted by atomic mass is 10.1. The number of ether oxygens (including phenoxy) is 1. The molecule has 1 aliphatic rings. The van der Waals surface area contributed by atoms with Crippen molar-refractivity contribution in [2.45, 2.75) is 32.0 Å². The Labute approximate surface area is 103 Å². The highest BCUT2D eigenvalue weighted by molar-refractivity contribution is 5.12. The van der Waals surface area contributed by atoms with Gasteiger partial charge >= 0.3 is 0 Å². The summed E-state index contributed by atoms with van der Waals surface area (Å²) in [4.78, 5) is 2.39. The molecule has 0 spiro atoms. The highest BCUT2D eigenvalue weighted by Crippen LogP contribution is 2.24. The van der Waals surface area contributed by atoms with Crippen molar-refractivity contribution in [3.05, 3.63) is 18.0 Å². The van der Waals surface area contributed by atoms with Crippen molar-refractivity contribution in [1.29, 1.82) is 0 Å². The molecule has 1 aliphatic heterocycles. The van der Waals surface area contributed by atoms with Gasteiger partial charge < -0.3 is 10.5 Å². The summed E-state index contributed by atoms with van der Waals surface area (Å²) in [6, 6.07) is 0.274. The number of hydrogen-bond donors (Lipinski definition) is 1. The van der Waals surface area contributed by atoms with Crippen LogP contribution in [-0.2, 0) is 11.3 Å². The van der Waals surface area contributed by atoms with Crippen molar-refractivity contribution in [1.82, 2.24) is 14.7 Å². The number of nitrogens with zero attached hydrogens (tertiary/aromatic N) is 3. The summed E-state index contributed by atoms with van der Waals surface area (Å²) in [6.07, 6.45) is 5.47. The van der Waals surface area contributed by atoms with Crippen LogP contribution < -0.4 is 5.73 Å². The molecular weight excluding hydrogens is 216 g/mol. The molecule has 1 aromatic heterocycles. The van der Waals surface area contributed by atoms with Crippen molar-refractivity contribution in [2.24, 2.45) is 5.73 Å². The number of rotatable bonds is 5. The molecule has 0 aromatic carbocycles. The Balaban J connectivity index is 2.06. The first-order chi connectivity index (χ1) is 8.28. The lowest BCUT2D eigenvalue weighted by Crippen LogP contribution is -2.32. The molecule has 96 valence electrons. The molecule has 1 fully saturated rings. The monoisotopic (exact) mass is 238 g/mol. The predicted octanol–water partition coefficient (Wildman–Crippen LogP) is 0.624. The first kappa shape index (κ1) is 12.5. The van der Waals surface area contributed by atoms with Gasteiger partial charge in [0.05, 0.1) is 18.3 Å². The van der Waals surface area contributed by atoms with E-state index in [1.807, 2.05) is 10.9 Å². The van der Waals surface area contributed by atoms with Gasteiger partial charge in [-0.1, -0.05) is 0 Å². The molecule has 0 radical (unpaired) electrons. The standard InChI is InChI=1S/C12H22N4O/c1-3-16-8-10(7-14-16)12(6-13)15-5-4-11(9-15)17-2/h7-8,11-12H,3-6,9,13H2,1-2H3. The van der Waals surface area contributed by atoms with E-state index in [2.05, 4.69) is 23.1 Å². The van der Waals surface area contributed by atoms with Crippen LogP contribution in [0.4, 0.5) is 0 Å². The molecule has 2 N–H and O–H groups in total. The molecule has 5 heteroatoms. The molecule has 2 unspecified atom stereocenters.